The summed E-state index contributed by atoms with van der Waals surface area (Å²) in [5, 5.41) is 4.12. The second kappa shape index (κ2) is 8.19. The van der Waals surface area contributed by atoms with E-state index >= 15 is 0 Å². The molecule has 1 atom stereocenters. The summed E-state index contributed by atoms with van der Waals surface area (Å²) < 4.78 is 0. The van der Waals surface area contributed by atoms with Crippen molar-refractivity contribution >= 4 is 40.5 Å². The highest BCUT2D eigenvalue weighted by atomic mass is 35.5. The van der Waals surface area contributed by atoms with Gasteiger partial charge in [-0.3, -0.25) is 0 Å². The first-order valence-electron chi connectivity index (χ1n) is 8.82. The topological polar surface area (TPSA) is 30.9 Å². The molecule has 0 spiro atoms. The van der Waals surface area contributed by atoms with E-state index < -0.39 is 0 Å². The minimum Gasteiger partial charge on any atom is -0.355 e. The normalized spacial score (nSPS) is 20.6. The summed E-state index contributed by atoms with van der Waals surface area (Å²) >= 11 is 12.0. The summed E-state index contributed by atoms with van der Waals surface area (Å²) in [7, 11) is 0. The third-order valence-electron chi connectivity index (χ3n) is 4.65. The van der Waals surface area contributed by atoms with Crippen molar-refractivity contribution in [3.05, 3.63) is 42.1 Å². The molecule has 2 aliphatic heterocycles. The molecule has 1 fully saturated rings. The van der Waals surface area contributed by atoms with Crippen LogP contribution in [0.3, 0.4) is 0 Å². The van der Waals surface area contributed by atoms with Crippen molar-refractivity contribution in [2.75, 3.05) is 31.5 Å². The van der Waals surface area contributed by atoms with Gasteiger partial charge in [-0.25, -0.2) is 4.99 Å². The number of hydrogen-bond acceptors (Lipinski definition) is 3. The monoisotopic (exact) mass is 376 g/mol. The number of aliphatic imine (C=N–C) groups is 1. The number of halogens is 1. The molecule has 4 nitrogen and oxygen atoms in total. The van der Waals surface area contributed by atoms with E-state index in [4.69, 9.17) is 23.8 Å². The van der Waals surface area contributed by atoms with E-state index in [1.165, 1.54) is 5.56 Å². The lowest BCUT2D eigenvalue weighted by Gasteiger charge is -2.39. The van der Waals surface area contributed by atoms with Crippen LogP contribution in [0.25, 0.3) is 0 Å². The zero-order chi connectivity index (χ0) is 17.8. The molecule has 0 aliphatic carbocycles. The number of piperazine rings is 1. The Morgan fingerprint density at radius 3 is 2.48 bits per heavy atom. The minimum absolute atomic E-state index is 0.0129. The molecule has 1 aromatic carbocycles. The number of allylic oxidation sites excluding steroid dienone is 1. The van der Waals surface area contributed by atoms with Crippen LogP contribution in [0, 0.1) is 0 Å². The maximum Gasteiger partial charge on any atom is 0.173 e. The third kappa shape index (κ3) is 4.53. The molecule has 1 aromatic rings. The van der Waals surface area contributed by atoms with Gasteiger partial charge in [0.1, 0.15) is 5.84 Å². The van der Waals surface area contributed by atoms with Gasteiger partial charge in [0.15, 0.2) is 5.11 Å². The predicted octanol–water partition coefficient (Wildman–Crippen LogP) is 4.05. The van der Waals surface area contributed by atoms with Crippen LogP contribution in [0.1, 0.15) is 31.7 Å². The molecule has 1 N–H and O–H groups in total. The van der Waals surface area contributed by atoms with Gasteiger partial charge in [-0.15, -0.1) is 11.6 Å². The smallest absolute Gasteiger partial charge is 0.173 e. The first kappa shape index (κ1) is 18.2. The van der Waals surface area contributed by atoms with Crippen LogP contribution in [0.5, 0.6) is 0 Å². The van der Waals surface area contributed by atoms with Gasteiger partial charge in [0.25, 0.3) is 0 Å². The lowest BCUT2D eigenvalue weighted by atomic mass is 10.0. The van der Waals surface area contributed by atoms with Crippen LogP contribution in [0.15, 0.2) is 41.5 Å². The summed E-state index contributed by atoms with van der Waals surface area (Å²) in [6.07, 6.45) is 4.72. The summed E-state index contributed by atoms with van der Waals surface area (Å²) in [4.78, 5) is 8.95. The number of benzene rings is 1. The number of rotatable bonds is 2. The van der Waals surface area contributed by atoms with Crippen LogP contribution >= 0.6 is 23.8 Å². The molecule has 0 radical (unpaired) electrons. The van der Waals surface area contributed by atoms with Crippen LogP contribution in [0.4, 0.5) is 5.69 Å². The largest absolute Gasteiger partial charge is 0.355 e. The lowest BCUT2D eigenvalue weighted by molar-refractivity contribution is 0.258. The molecule has 1 unspecified atom stereocenters. The average molecular weight is 377 g/mol. The SMILES string of the molecule is CC(C)c1ccc(NC(=S)N2CCN(C3=NC=CCC3Cl)CC2)cc1. The maximum atomic E-state index is 6.38. The Labute approximate surface area is 160 Å². The van der Waals surface area contributed by atoms with Crippen molar-refractivity contribution < 1.29 is 0 Å². The molecular formula is C19H25ClN4S. The zero-order valence-corrected chi connectivity index (χ0v) is 16.4. The Kier molecular flexibility index (Phi) is 5.97. The predicted molar refractivity (Wildman–Crippen MR) is 111 cm³/mol. The molecule has 0 aromatic heterocycles. The highest BCUT2D eigenvalue weighted by molar-refractivity contribution is 7.80. The fraction of sp³-hybridized carbons (Fsp3) is 0.474. The van der Waals surface area contributed by atoms with E-state index in [0.29, 0.717) is 5.92 Å². The van der Waals surface area contributed by atoms with E-state index in [1.807, 2.05) is 12.3 Å². The van der Waals surface area contributed by atoms with E-state index in [-0.39, 0.29) is 5.38 Å². The van der Waals surface area contributed by atoms with Crippen molar-refractivity contribution in [2.45, 2.75) is 31.6 Å². The van der Waals surface area contributed by atoms with Crippen LogP contribution in [0.2, 0.25) is 0 Å². The van der Waals surface area contributed by atoms with Crippen LogP contribution < -0.4 is 5.32 Å². The third-order valence-corrected chi connectivity index (χ3v) is 5.39. The van der Waals surface area contributed by atoms with Gasteiger partial charge in [-0.1, -0.05) is 32.1 Å². The number of nitrogens with zero attached hydrogens (tertiary/aromatic N) is 3. The number of anilines is 1. The standard InChI is InChI=1S/C19H25ClN4S/c1-14(2)15-5-7-16(8-6-15)22-19(25)24-12-10-23(11-13-24)18-17(20)4-3-9-21-18/h3,5-9,14,17H,4,10-13H2,1-2H3,(H,22,25). The highest BCUT2D eigenvalue weighted by Gasteiger charge is 2.25. The number of thiocarbonyl (C=S) groups is 1. The number of alkyl halides is 1. The Balaban J connectivity index is 1.53. The molecule has 0 bridgehead atoms. The van der Waals surface area contributed by atoms with E-state index in [2.05, 4.69) is 58.2 Å². The second-order valence-corrected chi connectivity index (χ2v) is 7.67. The molecule has 0 saturated carbocycles. The van der Waals surface area contributed by atoms with Crippen molar-refractivity contribution in [2.24, 2.45) is 4.99 Å². The number of amidine groups is 1. The number of hydrogen-bond donors (Lipinski definition) is 1. The van der Waals surface area contributed by atoms with Crippen molar-refractivity contribution in [3.63, 3.8) is 0 Å². The molecule has 0 amide bonds. The van der Waals surface area contributed by atoms with Gasteiger partial charge in [-0.2, -0.15) is 0 Å². The highest BCUT2D eigenvalue weighted by Crippen LogP contribution is 2.19. The first-order valence-corrected chi connectivity index (χ1v) is 9.66. The lowest BCUT2D eigenvalue weighted by Crippen LogP contribution is -2.53. The zero-order valence-electron chi connectivity index (χ0n) is 14.8. The maximum absolute atomic E-state index is 6.38. The summed E-state index contributed by atoms with van der Waals surface area (Å²) in [5.74, 6) is 1.53. The Bertz CT molecular complexity index is 661. The molecule has 6 heteroatoms. The van der Waals surface area contributed by atoms with Gasteiger partial charge in [0, 0.05) is 38.1 Å². The van der Waals surface area contributed by atoms with E-state index in [9.17, 15) is 0 Å². The Morgan fingerprint density at radius 1 is 1.20 bits per heavy atom. The molecule has 2 heterocycles. The van der Waals surface area contributed by atoms with Gasteiger partial charge in [-0.05, 0) is 42.3 Å². The molecule has 2 aliphatic rings. The van der Waals surface area contributed by atoms with Gasteiger partial charge in [0.2, 0.25) is 0 Å². The molecule has 25 heavy (non-hydrogen) atoms. The molecule has 134 valence electrons. The Morgan fingerprint density at radius 2 is 1.88 bits per heavy atom. The second-order valence-electron chi connectivity index (χ2n) is 6.76. The molecular weight excluding hydrogens is 352 g/mol. The Hall–Kier alpha value is -1.59. The van der Waals surface area contributed by atoms with E-state index in [0.717, 1.165) is 49.2 Å². The van der Waals surface area contributed by atoms with Gasteiger partial charge in [0.05, 0.1) is 5.38 Å². The van der Waals surface area contributed by atoms with E-state index in [1.54, 1.807) is 0 Å². The van der Waals surface area contributed by atoms with Crippen molar-refractivity contribution in [3.8, 4) is 0 Å². The molecule has 1 saturated heterocycles. The fourth-order valence-corrected chi connectivity index (χ4v) is 3.67. The average Bonchev–Trinajstić information content (AvgIpc) is 2.63. The molecule has 3 rings (SSSR count). The summed E-state index contributed by atoms with van der Waals surface area (Å²) in [6, 6.07) is 8.50. The van der Waals surface area contributed by atoms with Crippen molar-refractivity contribution in [1.29, 1.82) is 0 Å². The summed E-state index contributed by atoms with van der Waals surface area (Å²) in [6.45, 7) is 7.94. The minimum atomic E-state index is -0.0129. The number of nitrogens with one attached hydrogen (secondary N) is 1. The van der Waals surface area contributed by atoms with Crippen LogP contribution in [-0.2, 0) is 0 Å². The quantitative estimate of drug-likeness (QED) is 0.623. The first-order chi connectivity index (χ1) is 12.0. The summed E-state index contributed by atoms with van der Waals surface area (Å²) in [5.41, 5.74) is 2.38. The van der Waals surface area contributed by atoms with Crippen molar-refractivity contribution in [1.82, 2.24) is 9.80 Å². The van der Waals surface area contributed by atoms with Crippen LogP contribution in [-0.4, -0.2) is 52.3 Å². The fourth-order valence-electron chi connectivity index (χ4n) is 3.07. The van der Waals surface area contributed by atoms with Gasteiger partial charge < -0.3 is 15.1 Å². The van der Waals surface area contributed by atoms with Gasteiger partial charge >= 0.3 is 0 Å².